The first-order valence-corrected chi connectivity index (χ1v) is 8.97. The Labute approximate surface area is 163 Å². The van der Waals surface area contributed by atoms with E-state index in [0.717, 1.165) is 28.0 Å². The summed E-state index contributed by atoms with van der Waals surface area (Å²) in [6.45, 7) is 0. The lowest BCUT2D eigenvalue weighted by atomic mass is 9.95. The Bertz CT molecular complexity index is 1100. The summed E-state index contributed by atoms with van der Waals surface area (Å²) in [7, 11) is 1.80. The van der Waals surface area contributed by atoms with E-state index in [0.29, 0.717) is 10.6 Å². The molecule has 0 spiro atoms. The molecule has 4 rings (SSSR count). The van der Waals surface area contributed by atoms with Crippen molar-refractivity contribution < 1.29 is 4.79 Å². The summed E-state index contributed by atoms with van der Waals surface area (Å²) in [6.07, 6.45) is 0. The van der Waals surface area contributed by atoms with Crippen LogP contribution in [0.1, 0.15) is 16.7 Å². The monoisotopic (exact) mass is 369 g/mol. The van der Waals surface area contributed by atoms with Crippen molar-refractivity contribution in [3.05, 3.63) is 101 Å². The highest BCUT2D eigenvalue weighted by atomic mass is 35.5. The summed E-state index contributed by atoms with van der Waals surface area (Å²) < 4.78 is 0. The number of nitrogens with zero attached hydrogens (tertiary/aromatic N) is 1. The molecule has 3 aromatic rings. The van der Waals surface area contributed by atoms with Crippen LogP contribution in [0.4, 0.5) is 5.69 Å². The van der Waals surface area contributed by atoms with Gasteiger partial charge in [0.05, 0.1) is 11.3 Å². The van der Waals surface area contributed by atoms with Crippen LogP contribution in [0.3, 0.4) is 0 Å². The van der Waals surface area contributed by atoms with Crippen LogP contribution < -0.4 is 4.90 Å². The van der Waals surface area contributed by atoms with Crippen molar-refractivity contribution in [2.45, 2.75) is 0 Å². The lowest BCUT2D eigenvalue weighted by molar-refractivity contribution is -0.112. The Kier molecular flexibility index (Phi) is 4.54. The van der Waals surface area contributed by atoms with Crippen molar-refractivity contribution in [2.75, 3.05) is 11.9 Å². The summed E-state index contributed by atoms with van der Waals surface area (Å²) in [4.78, 5) is 14.7. The van der Waals surface area contributed by atoms with Crippen LogP contribution in [0.25, 0.3) is 11.1 Å². The lowest BCUT2D eigenvalue weighted by Crippen LogP contribution is -2.20. The highest BCUT2D eigenvalue weighted by Gasteiger charge is 2.31. The Balaban J connectivity index is 1.94. The Hall–Kier alpha value is -3.28. The van der Waals surface area contributed by atoms with Gasteiger partial charge in [0.1, 0.15) is 0 Å². The van der Waals surface area contributed by atoms with E-state index in [9.17, 15) is 4.79 Å². The molecule has 1 amide bonds. The average Bonchev–Trinajstić information content (AvgIpc) is 2.96. The molecule has 27 heavy (non-hydrogen) atoms. The minimum absolute atomic E-state index is 0.0412. The second-order valence-corrected chi connectivity index (χ2v) is 6.69. The topological polar surface area (TPSA) is 20.3 Å². The van der Waals surface area contributed by atoms with Gasteiger partial charge in [0.25, 0.3) is 5.91 Å². The van der Waals surface area contributed by atoms with Gasteiger partial charge in [-0.1, -0.05) is 72.0 Å². The fourth-order valence-electron chi connectivity index (χ4n) is 3.16. The van der Waals surface area contributed by atoms with Gasteiger partial charge in [0.15, 0.2) is 0 Å². The molecule has 1 heterocycles. The number of allylic oxidation sites excluding steroid dienone is 1. The predicted octanol–water partition coefficient (Wildman–Crippen LogP) is 5.28. The number of fused-ring (bicyclic) bond motifs is 1. The van der Waals surface area contributed by atoms with Crippen molar-refractivity contribution >= 4 is 34.3 Å². The molecule has 0 aliphatic carbocycles. The number of para-hydroxylation sites is 1. The second kappa shape index (κ2) is 7.15. The van der Waals surface area contributed by atoms with Crippen molar-refractivity contribution in [1.82, 2.24) is 0 Å². The predicted molar refractivity (Wildman–Crippen MR) is 111 cm³/mol. The molecule has 0 unspecified atom stereocenters. The molecule has 0 saturated heterocycles. The molecule has 0 saturated carbocycles. The van der Waals surface area contributed by atoms with Gasteiger partial charge < -0.3 is 4.90 Å². The van der Waals surface area contributed by atoms with E-state index in [4.69, 9.17) is 11.6 Å². The maximum atomic E-state index is 13.0. The van der Waals surface area contributed by atoms with Crippen LogP contribution in [0.15, 0.2) is 78.9 Å². The summed E-state index contributed by atoms with van der Waals surface area (Å²) >= 11 is 5.96. The van der Waals surface area contributed by atoms with E-state index in [1.165, 1.54) is 0 Å². The maximum absolute atomic E-state index is 13.0. The van der Waals surface area contributed by atoms with Crippen LogP contribution in [0.5, 0.6) is 0 Å². The zero-order valence-electron chi connectivity index (χ0n) is 14.7. The largest absolute Gasteiger partial charge is 0.311 e. The maximum Gasteiger partial charge on any atom is 0.260 e. The minimum Gasteiger partial charge on any atom is -0.311 e. The zero-order valence-corrected chi connectivity index (χ0v) is 15.5. The van der Waals surface area contributed by atoms with Gasteiger partial charge in [-0.3, -0.25) is 4.79 Å². The Morgan fingerprint density at radius 3 is 2.30 bits per heavy atom. The first kappa shape index (κ1) is 17.1. The normalized spacial score (nSPS) is 14.4. The van der Waals surface area contributed by atoms with E-state index in [2.05, 4.69) is 11.8 Å². The number of amides is 1. The molecule has 2 nitrogen and oxygen atoms in total. The van der Waals surface area contributed by atoms with Crippen molar-refractivity contribution in [1.29, 1.82) is 0 Å². The molecule has 0 atom stereocenters. The summed E-state index contributed by atoms with van der Waals surface area (Å²) in [6, 6.07) is 25.0. The van der Waals surface area contributed by atoms with Gasteiger partial charge in [-0.2, -0.15) is 0 Å². The number of benzene rings is 3. The van der Waals surface area contributed by atoms with Gasteiger partial charge in [-0.15, -0.1) is 0 Å². The van der Waals surface area contributed by atoms with E-state index >= 15 is 0 Å². The number of rotatable bonds is 1. The van der Waals surface area contributed by atoms with Crippen molar-refractivity contribution in [3.8, 4) is 11.8 Å². The summed E-state index contributed by atoms with van der Waals surface area (Å²) in [5.74, 6) is 6.38. The second-order valence-electron chi connectivity index (χ2n) is 6.25. The SMILES string of the molecule is CN1C(=O)/C(=C(/C#Cc2ccc(Cl)cc2)c2ccccc2)c2ccccc21. The third kappa shape index (κ3) is 3.26. The molecule has 1 aliphatic heterocycles. The summed E-state index contributed by atoms with van der Waals surface area (Å²) in [5.41, 5.74) is 4.95. The Morgan fingerprint density at radius 2 is 1.56 bits per heavy atom. The number of hydrogen-bond acceptors (Lipinski definition) is 1. The first-order valence-electron chi connectivity index (χ1n) is 8.60. The van der Waals surface area contributed by atoms with Gasteiger partial charge >= 0.3 is 0 Å². The van der Waals surface area contributed by atoms with Crippen molar-refractivity contribution in [2.24, 2.45) is 0 Å². The molecule has 0 N–H and O–H groups in total. The quantitative estimate of drug-likeness (QED) is 0.422. The molecule has 130 valence electrons. The molecule has 3 heteroatoms. The van der Waals surface area contributed by atoms with Gasteiger partial charge in [-0.05, 0) is 35.9 Å². The van der Waals surface area contributed by atoms with Gasteiger partial charge in [-0.25, -0.2) is 0 Å². The number of carbonyl (C=O) groups excluding carboxylic acids is 1. The van der Waals surface area contributed by atoms with Crippen LogP contribution in [0, 0.1) is 11.8 Å². The van der Waals surface area contributed by atoms with Crippen LogP contribution in [-0.4, -0.2) is 13.0 Å². The van der Waals surface area contributed by atoms with Crippen LogP contribution >= 0.6 is 11.6 Å². The molecule has 1 aliphatic rings. The molecule has 0 fully saturated rings. The summed E-state index contributed by atoms with van der Waals surface area (Å²) in [5, 5.41) is 0.670. The fraction of sp³-hybridized carbons (Fsp3) is 0.0417. The van der Waals surface area contributed by atoms with E-state index in [-0.39, 0.29) is 5.91 Å². The van der Waals surface area contributed by atoms with Gasteiger partial charge in [0.2, 0.25) is 0 Å². The number of hydrogen-bond donors (Lipinski definition) is 0. The number of halogens is 1. The van der Waals surface area contributed by atoms with Crippen LogP contribution in [0.2, 0.25) is 5.02 Å². The standard InChI is InChI=1S/C24H16ClNO/c1-26-22-10-6-5-9-21(22)23(24(26)27)20(18-7-3-2-4-8-18)16-13-17-11-14-19(25)15-12-17/h2-12,14-15H,1H3/b23-20-. The first-order chi connectivity index (χ1) is 13.1. The van der Waals surface area contributed by atoms with Crippen molar-refractivity contribution in [3.63, 3.8) is 0 Å². The highest BCUT2D eigenvalue weighted by molar-refractivity contribution is 6.38. The average molecular weight is 370 g/mol. The third-order valence-electron chi connectivity index (χ3n) is 4.54. The molecule has 3 aromatic carbocycles. The molecule has 0 aromatic heterocycles. The molecular formula is C24H16ClNO. The smallest absolute Gasteiger partial charge is 0.260 e. The zero-order chi connectivity index (χ0) is 18.8. The third-order valence-corrected chi connectivity index (χ3v) is 4.79. The highest BCUT2D eigenvalue weighted by Crippen LogP contribution is 2.39. The number of likely N-dealkylation sites (N-methyl/N-ethyl adjacent to an activating group) is 1. The van der Waals surface area contributed by atoms with Gasteiger partial charge in [0, 0.05) is 28.8 Å². The van der Waals surface area contributed by atoms with Crippen LogP contribution in [-0.2, 0) is 4.79 Å². The molecule has 0 bridgehead atoms. The van der Waals surface area contributed by atoms with E-state index < -0.39 is 0 Å². The number of anilines is 1. The minimum atomic E-state index is -0.0412. The van der Waals surface area contributed by atoms with E-state index in [1.54, 1.807) is 11.9 Å². The molecule has 0 radical (unpaired) electrons. The Morgan fingerprint density at radius 1 is 0.889 bits per heavy atom. The lowest BCUT2D eigenvalue weighted by Gasteiger charge is -2.08. The van der Waals surface area contributed by atoms with E-state index in [1.807, 2.05) is 78.9 Å². The fourth-order valence-corrected chi connectivity index (χ4v) is 3.29. The number of carbonyl (C=O) groups is 1. The molecular weight excluding hydrogens is 354 g/mol.